The molecule has 0 spiro atoms. The number of nitrogens with two attached hydrogens (primary N) is 2. The van der Waals surface area contributed by atoms with E-state index >= 15 is 0 Å². The van der Waals surface area contributed by atoms with Gasteiger partial charge in [-0.05, 0) is 24.1 Å². The fraction of sp³-hybridized carbons (Fsp3) is 0.462. The second kappa shape index (κ2) is 7.84. The van der Waals surface area contributed by atoms with Crippen molar-refractivity contribution in [1.29, 1.82) is 0 Å². The van der Waals surface area contributed by atoms with Crippen LogP contribution in [-0.4, -0.2) is 37.9 Å². The Bertz CT molecular complexity index is 449. The van der Waals surface area contributed by atoms with Crippen LogP contribution in [0.5, 0.6) is 5.75 Å². The summed E-state index contributed by atoms with van der Waals surface area (Å²) in [7, 11) is 0. The standard InChI is InChI=1S/C13H17F3N2O3/c14-13(15,16)8-21-12(19)11(18)7-9-1-3-10(4-2-9)20-6-5-17/h1-4,11H,5-8,17-18H2/t11-/m0/s1. The first-order valence-electron chi connectivity index (χ1n) is 6.22. The number of halogens is 3. The van der Waals surface area contributed by atoms with Crippen molar-refractivity contribution in [1.82, 2.24) is 0 Å². The lowest BCUT2D eigenvalue weighted by molar-refractivity contribution is -0.187. The normalized spacial score (nSPS) is 12.8. The highest BCUT2D eigenvalue weighted by Crippen LogP contribution is 2.16. The molecule has 8 heteroatoms. The highest BCUT2D eigenvalue weighted by Gasteiger charge is 2.30. The molecular weight excluding hydrogens is 289 g/mol. The summed E-state index contributed by atoms with van der Waals surface area (Å²) in [5, 5.41) is 0. The number of hydrogen-bond donors (Lipinski definition) is 2. The molecule has 5 nitrogen and oxygen atoms in total. The number of rotatable bonds is 7. The maximum Gasteiger partial charge on any atom is 0.422 e. The lowest BCUT2D eigenvalue weighted by atomic mass is 10.1. The summed E-state index contributed by atoms with van der Waals surface area (Å²) in [5.74, 6) is -0.479. The number of ether oxygens (including phenoxy) is 2. The molecule has 21 heavy (non-hydrogen) atoms. The zero-order valence-corrected chi connectivity index (χ0v) is 11.2. The Balaban J connectivity index is 2.46. The first-order valence-corrected chi connectivity index (χ1v) is 6.22. The number of carbonyl (C=O) groups excluding carboxylic acids is 1. The van der Waals surface area contributed by atoms with Gasteiger partial charge in [-0.2, -0.15) is 13.2 Å². The van der Waals surface area contributed by atoms with Crippen LogP contribution < -0.4 is 16.2 Å². The van der Waals surface area contributed by atoms with Crippen molar-refractivity contribution in [2.75, 3.05) is 19.8 Å². The molecule has 1 atom stereocenters. The molecule has 1 aromatic carbocycles. The van der Waals surface area contributed by atoms with E-state index in [1.165, 1.54) is 0 Å². The number of hydrogen-bond acceptors (Lipinski definition) is 5. The van der Waals surface area contributed by atoms with Gasteiger partial charge >= 0.3 is 12.1 Å². The van der Waals surface area contributed by atoms with Gasteiger partial charge in [0.2, 0.25) is 0 Å². The molecule has 0 aromatic heterocycles. The predicted octanol–water partition coefficient (Wildman–Crippen LogP) is 0.999. The summed E-state index contributed by atoms with van der Waals surface area (Å²) >= 11 is 0. The number of alkyl halides is 3. The Labute approximate surface area is 120 Å². The van der Waals surface area contributed by atoms with E-state index < -0.39 is 24.8 Å². The molecule has 1 rings (SSSR count). The fourth-order valence-corrected chi connectivity index (χ4v) is 1.50. The van der Waals surface area contributed by atoms with Gasteiger partial charge in [0, 0.05) is 6.54 Å². The number of esters is 1. The van der Waals surface area contributed by atoms with Gasteiger partial charge in [0.1, 0.15) is 18.4 Å². The van der Waals surface area contributed by atoms with Crippen molar-refractivity contribution in [2.24, 2.45) is 11.5 Å². The molecule has 0 aliphatic rings. The molecule has 0 heterocycles. The van der Waals surface area contributed by atoms with Gasteiger partial charge in [-0.25, -0.2) is 0 Å². The van der Waals surface area contributed by atoms with Crippen molar-refractivity contribution in [3.8, 4) is 5.75 Å². The summed E-state index contributed by atoms with van der Waals surface area (Å²) in [6.07, 6.45) is -4.48. The average Bonchev–Trinajstić information content (AvgIpc) is 2.43. The van der Waals surface area contributed by atoms with Crippen LogP contribution in [0.1, 0.15) is 5.56 Å². The quantitative estimate of drug-likeness (QED) is 0.734. The van der Waals surface area contributed by atoms with E-state index in [2.05, 4.69) is 4.74 Å². The van der Waals surface area contributed by atoms with Crippen LogP contribution in [0, 0.1) is 0 Å². The highest BCUT2D eigenvalue weighted by molar-refractivity contribution is 5.75. The molecule has 4 N–H and O–H groups in total. The largest absolute Gasteiger partial charge is 0.492 e. The SMILES string of the molecule is NCCOc1ccc(C[C@H](N)C(=O)OCC(F)(F)F)cc1. The van der Waals surface area contributed by atoms with Gasteiger partial charge in [0.15, 0.2) is 6.61 Å². The maximum absolute atomic E-state index is 11.9. The van der Waals surface area contributed by atoms with E-state index in [1.54, 1.807) is 24.3 Å². The lowest BCUT2D eigenvalue weighted by Crippen LogP contribution is -2.36. The van der Waals surface area contributed by atoms with E-state index in [0.29, 0.717) is 24.5 Å². The first kappa shape index (κ1) is 17.3. The van der Waals surface area contributed by atoms with Crippen LogP contribution in [0.15, 0.2) is 24.3 Å². The monoisotopic (exact) mass is 306 g/mol. The Morgan fingerprint density at radius 3 is 2.38 bits per heavy atom. The third-order valence-electron chi connectivity index (χ3n) is 2.45. The molecule has 0 aliphatic heterocycles. The summed E-state index contributed by atoms with van der Waals surface area (Å²) in [6.45, 7) is -0.869. The minimum atomic E-state index is -4.56. The van der Waals surface area contributed by atoms with E-state index in [4.69, 9.17) is 16.2 Å². The molecular formula is C13H17F3N2O3. The minimum Gasteiger partial charge on any atom is -0.492 e. The summed E-state index contributed by atoms with van der Waals surface area (Å²) in [5.41, 5.74) is 11.5. The molecule has 0 saturated carbocycles. The molecule has 118 valence electrons. The Hall–Kier alpha value is -1.80. The van der Waals surface area contributed by atoms with Crippen molar-refractivity contribution < 1.29 is 27.4 Å². The third-order valence-corrected chi connectivity index (χ3v) is 2.45. The average molecular weight is 306 g/mol. The summed E-state index contributed by atoms with van der Waals surface area (Å²) in [6, 6.07) is 5.52. The van der Waals surface area contributed by atoms with E-state index in [-0.39, 0.29) is 6.42 Å². The first-order chi connectivity index (χ1) is 9.81. The fourth-order valence-electron chi connectivity index (χ4n) is 1.50. The summed E-state index contributed by atoms with van der Waals surface area (Å²) in [4.78, 5) is 11.3. The number of carbonyl (C=O) groups is 1. The van der Waals surface area contributed by atoms with Crippen LogP contribution in [0.2, 0.25) is 0 Å². The van der Waals surface area contributed by atoms with Gasteiger partial charge in [0.05, 0.1) is 0 Å². The highest BCUT2D eigenvalue weighted by atomic mass is 19.4. The molecule has 0 fully saturated rings. The Morgan fingerprint density at radius 1 is 1.24 bits per heavy atom. The minimum absolute atomic E-state index is 0.0772. The van der Waals surface area contributed by atoms with Gasteiger partial charge in [-0.3, -0.25) is 4.79 Å². The molecule has 0 aliphatic carbocycles. The van der Waals surface area contributed by atoms with Crippen LogP contribution in [0.4, 0.5) is 13.2 Å². The van der Waals surface area contributed by atoms with Gasteiger partial charge < -0.3 is 20.9 Å². The molecule has 1 aromatic rings. The molecule has 0 saturated heterocycles. The van der Waals surface area contributed by atoms with Crippen molar-refractivity contribution in [3.05, 3.63) is 29.8 Å². The molecule has 0 bridgehead atoms. The molecule has 0 amide bonds. The van der Waals surface area contributed by atoms with Crippen LogP contribution in [0.3, 0.4) is 0 Å². The zero-order chi connectivity index (χ0) is 15.9. The Morgan fingerprint density at radius 2 is 1.86 bits per heavy atom. The second-order valence-electron chi connectivity index (χ2n) is 4.31. The lowest BCUT2D eigenvalue weighted by Gasteiger charge is -2.13. The van der Waals surface area contributed by atoms with E-state index in [0.717, 1.165) is 0 Å². The molecule has 0 unspecified atom stereocenters. The Kier molecular flexibility index (Phi) is 6.44. The topological polar surface area (TPSA) is 87.6 Å². The van der Waals surface area contributed by atoms with Gasteiger partial charge in [-0.1, -0.05) is 12.1 Å². The van der Waals surface area contributed by atoms with E-state index in [9.17, 15) is 18.0 Å². The van der Waals surface area contributed by atoms with Crippen molar-refractivity contribution >= 4 is 5.97 Å². The van der Waals surface area contributed by atoms with Crippen molar-refractivity contribution in [3.63, 3.8) is 0 Å². The van der Waals surface area contributed by atoms with Crippen LogP contribution in [0.25, 0.3) is 0 Å². The summed E-state index contributed by atoms with van der Waals surface area (Å²) < 4.78 is 45.1. The third kappa shape index (κ3) is 6.96. The second-order valence-corrected chi connectivity index (χ2v) is 4.31. The number of benzene rings is 1. The van der Waals surface area contributed by atoms with Crippen LogP contribution >= 0.6 is 0 Å². The molecule has 0 radical (unpaired) electrons. The van der Waals surface area contributed by atoms with Gasteiger partial charge in [0.25, 0.3) is 0 Å². The van der Waals surface area contributed by atoms with Gasteiger partial charge in [-0.15, -0.1) is 0 Å². The van der Waals surface area contributed by atoms with Crippen LogP contribution in [-0.2, 0) is 16.0 Å². The zero-order valence-electron chi connectivity index (χ0n) is 11.2. The van der Waals surface area contributed by atoms with Crippen molar-refractivity contribution in [2.45, 2.75) is 18.6 Å². The smallest absolute Gasteiger partial charge is 0.422 e. The van der Waals surface area contributed by atoms with E-state index in [1.807, 2.05) is 0 Å². The predicted molar refractivity (Wildman–Crippen MR) is 69.7 cm³/mol. The maximum atomic E-state index is 11.9.